The molecule has 1 atom stereocenters. The summed E-state index contributed by atoms with van der Waals surface area (Å²) in [4.78, 5) is 13.2. The van der Waals surface area contributed by atoms with Gasteiger partial charge in [0.25, 0.3) is 0 Å². The number of piperidine rings is 1. The topological polar surface area (TPSA) is 75.7 Å². The van der Waals surface area contributed by atoms with E-state index in [1.807, 2.05) is 6.92 Å². The fourth-order valence-corrected chi connectivity index (χ4v) is 3.77. The van der Waals surface area contributed by atoms with Crippen LogP contribution in [0.2, 0.25) is 0 Å². The Balaban J connectivity index is 2.27. The van der Waals surface area contributed by atoms with Gasteiger partial charge in [-0.15, -0.1) is 0 Å². The zero-order valence-corrected chi connectivity index (χ0v) is 13.2. The zero-order chi connectivity index (χ0) is 15.0. The molecule has 0 aromatic rings. The van der Waals surface area contributed by atoms with Gasteiger partial charge in [0.15, 0.2) is 0 Å². The van der Waals surface area contributed by atoms with Crippen LogP contribution in [0.4, 0.5) is 0 Å². The highest BCUT2D eigenvalue weighted by atomic mass is 32.2. The van der Waals surface area contributed by atoms with Crippen molar-refractivity contribution in [3.63, 3.8) is 0 Å². The number of nitrogens with zero attached hydrogens (tertiary/aromatic N) is 1. The number of rotatable bonds is 8. The number of nitrogens with one attached hydrogen (secondary N) is 1. The fourth-order valence-electron chi connectivity index (χ4n) is 2.44. The number of hydrogen-bond acceptors (Lipinski definition) is 5. The molecule has 0 amide bonds. The maximum Gasteiger partial charge on any atom is 0.305 e. The molecule has 0 saturated carbocycles. The van der Waals surface area contributed by atoms with Crippen LogP contribution in [-0.4, -0.2) is 57.8 Å². The lowest BCUT2D eigenvalue weighted by Crippen LogP contribution is -2.44. The molecule has 0 aliphatic carbocycles. The summed E-state index contributed by atoms with van der Waals surface area (Å²) in [5, 5.41) is 0. The number of sulfonamides is 1. The van der Waals surface area contributed by atoms with Crippen molar-refractivity contribution in [1.29, 1.82) is 0 Å². The second-order valence-electron chi connectivity index (χ2n) is 5.38. The van der Waals surface area contributed by atoms with E-state index in [2.05, 4.69) is 14.4 Å². The Bertz CT molecular complexity index is 391. The second kappa shape index (κ2) is 8.59. The van der Waals surface area contributed by atoms with Gasteiger partial charge in [-0.2, -0.15) is 0 Å². The fraction of sp³-hybridized carbons (Fsp3) is 0.923. The summed E-state index contributed by atoms with van der Waals surface area (Å²) >= 11 is 0. The van der Waals surface area contributed by atoms with Crippen molar-refractivity contribution in [2.75, 3.05) is 32.5 Å². The van der Waals surface area contributed by atoms with Crippen molar-refractivity contribution in [1.82, 2.24) is 9.62 Å². The Kier molecular flexibility index (Phi) is 7.47. The van der Waals surface area contributed by atoms with Gasteiger partial charge in [-0.3, -0.25) is 4.79 Å². The van der Waals surface area contributed by atoms with Crippen LogP contribution < -0.4 is 4.72 Å². The van der Waals surface area contributed by atoms with Crippen LogP contribution in [0.25, 0.3) is 0 Å². The molecule has 7 heteroatoms. The first-order valence-electron chi connectivity index (χ1n) is 7.22. The highest BCUT2D eigenvalue weighted by Gasteiger charge is 2.18. The van der Waals surface area contributed by atoms with Crippen LogP contribution in [0.15, 0.2) is 0 Å². The first kappa shape index (κ1) is 17.4. The lowest BCUT2D eigenvalue weighted by atomic mass is 10.1. The maximum atomic E-state index is 11.9. The third-order valence-corrected chi connectivity index (χ3v) is 4.97. The average Bonchev–Trinajstić information content (AvgIpc) is 2.38. The van der Waals surface area contributed by atoms with E-state index in [1.165, 1.54) is 26.4 Å². The third kappa shape index (κ3) is 7.21. The summed E-state index contributed by atoms with van der Waals surface area (Å²) in [5.74, 6) is -0.409. The minimum atomic E-state index is -3.32. The largest absolute Gasteiger partial charge is 0.469 e. The van der Waals surface area contributed by atoms with Gasteiger partial charge in [0.1, 0.15) is 0 Å². The summed E-state index contributed by atoms with van der Waals surface area (Å²) in [7, 11) is -2.02. The van der Waals surface area contributed by atoms with Gasteiger partial charge in [-0.1, -0.05) is 6.42 Å². The van der Waals surface area contributed by atoms with Crippen molar-refractivity contribution in [3.8, 4) is 0 Å². The van der Waals surface area contributed by atoms with E-state index < -0.39 is 10.0 Å². The smallest absolute Gasteiger partial charge is 0.305 e. The van der Waals surface area contributed by atoms with Gasteiger partial charge in [0, 0.05) is 19.0 Å². The van der Waals surface area contributed by atoms with E-state index in [9.17, 15) is 13.2 Å². The van der Waals surface area contributed by atoms with Crippen molar-refractivity contribution in [3.05, 3.63) is 0 Å². The van der Waals surface area contributed by atoms with Crippen LogP contribution in [0, 0.1) is 0 Å². The van der Waals surface area contributed by atoms with Gasteiger partial charge >= 0.3 is 5.97 Å². The van der Waals surface area contributed by atoms with Crippen LogP contribution in [-0.2, 0) is 19.6 Å². The van der Waals surface area contributed by atoms with E-state index in [0.717, 1.165) is 19.6 Å². The zero-order valence-electron chi connectivity index (χ0n) is 12.4. The highest BCUT2D eigenvalue weighted by molar-refractivity contribution is 7.89. The molecule has 1 N–H and O–H groups in total. The summed E-state index contributed by atoms with van der Waals surface area (Å²) < 4.78 is 30.9. The number of ether oxygens (including phenoxy) is 1. The molecule has 118 valence electrons. The normalized spacial score (nSPS) is 18.7. The first-order chi connectivity index (χ1) is 9.43. The number of carbonyl (C=O) groups is 1. The number of carbonyl (C=O) groups excluding carboxylic acids is 1. The van der Waals surface area contributed by atoms with Gasteiger partial charge < -0.3 is 9.64 Å². The first-order valence-corrected chi connectivity index (χ1v) is 8.87. The molecular formula is C13H26N2O4S. The molecule has 6 nitrogen and oxygen atoms in total. The highest BCUT2D eigenvalue weighted by Crippen LogP contribution is 2.09. The van der Waals surface area contributed by atoms with E-state index >= 15 is 0 Å². The van der Waals surface area contributed by atoms with Gasteiger partial charge in [-0.25, -0.2) is 13.1 Å². The van der Waals surface area contributed by atoms with E-state index in [1.54, 1.807) is 0 Å². The Morgan fingerprint density at radius 2 is 1.95 bits per heavy atom. The van der Waals surface area contributed by atoms with Crippen molar-refractivity contribution in [2.24, 2.45) is 0 Å². The minimum absolute atomic E-state index is 0.0353. The SMILES string of the molecule is COC(=O)CCCS(=O)(=O)NC(C)CN1CCCCC1. The van der Waals surface area contributed by atoms with Crippen molar-refractivity contribution < 1.29 is 17.9 Å². The lowest BCUT2D eigenvalue weighted by molar-refractivity contribution is -0.140. The van der Waals surface area contributed by atoms with Crippen LogP contribution in [0.5, 0.6) is 0 Å². The predicted molar refractivity (Wildman–Crippen MR) is 77.9 cm³/mol. The molecular weight excluding hydrogens is 280 g/mol. The van der Waals surface area contributed by atoms with Gasteiger partial charge in [-0.05, 0) is 39.3 Å². The molecule has 1 rings (SSSR count). The average molecular weight is 306 g/mol. The molecule has 20 heavy (non-hydrogen) atoms. The summed E-state index contributed by atoms with van der Waals surface area (Å²) in [6, 6.07) is -0.101. The molecule has 0 spiro atoms. The Morgan fingerprint density at radius 3 is 2.55 bits per heavy atom. The molecule has 1 aliphatic rings. The molecule has 1 saturated heterocycles. The summed E-state index contributed by atoms with van der Waals surface area (Å²) in [6.45, 7) is 4.73. The molecule has 0 bridgehead atoms. The Labute approximate surface area is 121 Å². The van der Waals surface area contributed by atoms with Crippen molar-refractivity contribution >= 4 is 16.0 Å². The quantitative estimate of drug-likeness (QED) is 0.669. The third-order valence-electron chi connectivity index (χ3n) is 3.38. The molecule has 1 unspecified atom stereocenters. The summed E-state index contributed by atoms with van der Waals surface area (Å²) in [6.07, 6.45) is 4.08. The summed E-state index contributed by atoms with van der Waals surface area (Å²) in [5.41, 5.74) is 0. The second-order valence-corrected chi connectivity index (χ2v) is 7.25. The Hall–Kier alpha value is -0.660. The van der Waals surface area contributed by atoms with E-state index in [-0.39, 0.29) is 24.2 Å². The van der Waals surface area contributed by atoms with Crippen LogP contribution >= 0.6 is 0 Å². The number of likely N-dealkylation sites (tertiary alicyclic amines) is 1. The number of esters is 1. The van der Waals surface area contributed by atoms with Gasteiger partial charge in [0.2, 0.25) is 10.0 Å². The molecule has 0 aromatic heterocycles. The number of methoxy groups -OCH3 is 1. The lowest BCUT2D eigenvalue weighted by Gasteiger charge is -2.29. The predicted octanol–water partition coefficient (Wildman–Crippen LogP) is 0.733. The molecule has 1 heterocycles. The van der Waals surface area contributed by atoms with Crippen LogP contribution in [0.3, 0.4) is 0 Å². The monoisotopic (exact) mass is 306 g/mol. The van der Waals surface area contributed by atoms with E-state index in [0.29, 0.717) is 6.42 Å². The maximum absolute atomic E-state index is 11.9. The molecule has 1 aliphatic heterocycles. The molecule has 0 aromatic carbocycles. The molecule has 1 fully saturated rings. The van der Waals surface area contributed by atoms with Crippen LogP contribution in [0.1, 0.15) is 39.0 Å². The van der Waals surface area contributed by atoms with Crippen molar-refractivity contribution in [2.45, 2.75) is 45.1 Å². The standard InChI is InChI=1S/C13H26N2O4S/c1-12(11-15-8-4-3-5-9-15)14-20(17,18)10-6-7-13(16)19-2/h12,14H,3-11H2,1-2H3. The number of hydrogen-bond donors (Lipinski definition) is 1. The van der Waals surface area contributed by atoms with E-state index in [4.69, 9.17) is 0 Å². The molecule has 0 radical (unpaired) electrons. The van der Waals surface area contributed by atoms with Gasteiger partial charge in [0.05, 0.1) is 12.9 Å². The Morgan fingerprint density at radius 1 is 1.30 bits per heavy atom. The minimum Gasteiger partial charge on any atom is -0.469 e.